The van der Waals surface area contributed by atoms with Crippen molar-refractivity contribution in [2.45, 2.75) is 52.1 Å². The third-order valence-electron chi connectivity index (χ3n) is 2.95. The van der Waals surface area contributed by atoms with Crippen LogP contribution >= 0.6 is 12.6 Å². The van der Waals surface area contributed by atoms with Crippen molar-refractivity contribution in [3.8, 4) is 0 Å². The van der Waals surface area contributed by atoms with Crippen LogP contribution in [0.4, 0.5) is 0 Å². The average Bonchev–Trinajstić information content (AvgIpc) is 2.35. The fraction of sp³-hybridized carbons (Fsp3) is 0.846. The number of aliphatic hydroxyl groups excluding tert-OH is 2. The molecule has 0 aromatic heterocycles. The van der Waals surface area contributed by atoms with Crippen molar-refractivity contribution in [2.24, 2.45) is 5.41 Å². The molecule has 1 atom stereocenters. The highest BCUT2D eigenvalue weighted by Gasteiger charge is 2.32. The van der Waals surface area contributed by atoms with Crippen molar-refractivity contribution in [1.29, 1.82) is 0 Å². The maximum Gasteiger partial charge on any atom is 0.161 e. The minimum absolute atomic E-state index is 0.132. The highest BCUT2D eigenvalue weighted by atomic mass is 32.1. The van der Waals surface area contributed by atoms with Crippen molar-refractivity contribution in [3.05, 3.63) is 0 Å². The van der Waals surface area contributed by atoms with Crippen molar-refractivity contribution in [1.82, 2.24) is 0 Å². The van der Waals surface area contributed by atoms with Crippen molar-refractivity contribution < 1.29 is 19.8 Å². The Balaban J connectivity index is 3.94. The van der Waals surface area contributed by atoms with Crippen LogP contribution in [0.15, 0.2) is 0 Å². The van der Waals surface area contributed by atoms with E-state index in [9.17, 15) is 14.7 Å². The third-order valence-corrected chi connectivity index (χ3v) is 3.26. The van der Waals surface area contributed by atoms with E-state index in [1.165, 1.54) is 0 Å². The van der Waals surface area contributed by atoms with E-state index >= 15 is 0 Å². The number of hydrogen-bond donors (Lipinski definition) is 3. The van der Waals surface area contributed by atoms with Gasteiger partial charge >= 0.3 is 0 Å². The fourth-order valence-corrected chi connectivity index (χ4v) is 1.68. The Morgan fingerprint density at radius 1 is 1.17 bits per heavy atom. The molecule has 4 nitrogen and oxygen atoms in total. The first-order valence-corrected chi connectivity index (χ1v) is 6.92. The van der Waals surface area contributed by atoms with E-state index in [0.29, 0.717) is 25.0 Å². The van der Waals surface area contributed by atoms with Crippen molar-refractivity contribution in [3.63, 3.8) is 0 Å². The third kappa shape index (κ3) is 6.52. The molecule has 5 heteroatoms. The van der Waals surface area contributed by atoms with Gasteiger partial charge in [0.15, 0.2) is 5.78 Å². The number of Topliss-reactive ketones (excluding diaryl/α,β-unsaturated/α-hetero) is 2. The summed E-state index contributed by atoms with van der Waals surface area (Å²) in [7, 11) is 0. The lowest BCUT2D eigenvalue weighted by Gasteiger charge is -2.26. The van der Waals surface area contributed by atoms with Crippen LogP contribution in [0, 0.1) is 5.41 Å². The van der Waals surface area contributed by atoms with Gasteiger partial charge in [0.05, 0.1) is 6.61 Å². The predicted molar refractivity (Wildman–Crippen MR) is 73.8 cm³/mol. The molecule has 0 aliphatic carbocycles. The molecule has 0 aromatic rings. The first-order valence-electron chi connectivity index (χ1n) is 6.29. The lowest BCUT2D eigenvalue weighted by atomic mass is 9.84. The van der Waals surface area contributed by atoms with Gasteiger partial charge in [0, 0.05) is 24.7 Å². The lowest BCUT2D eigenvalue weighted by Crippen LogP contribution is -2.39. The summed E-state index contributed by atoms with van der Waals surface area (Å²) in [4.78, 5) is 23.0. The Labute approximate surface area is 114 Å². The van der Waals surface area contributed by atoms with Crippen LogP contribution in [0.25, 0.3) is 0 Å². The van der Waals surface area contributed by atoms with Gasteiger partial charge in [-0.3, -0.25) is 9.59 Å². The summed E-state index contributed by atoms with van der Waals surface area (Å²) in [5.74, 6) is 0.512. The summed E-state index contributed by atoms with van der Waals surface area (Å²) in [6, 6.07) is 0. The summed E-state index contributed by atoms with van der Waals surface area (Å²) in [6.45, 7) is 3.02. The van der Waals surface area contributed by atoms with Gasteiger partial charge in [-0.05, 0) is 18.6 Å². The smallest absolute Gasteiger partial charge is 0.161 e. The van der Waals surface area contributed by atoms with Gasteiger partial charge in [-0.2, -0.15) is 12.6 Å². The van der Waals surface area contributed by atoms with Gasteiger partial charge in [-0.25, -0.2) is 0 Å². The monoisotopic (exact) mass is 276 g/mol. The molecule has 0 spiro atoms. The Morgan fingerprint density at radius 3 is 2.22 bits per heavy atom. The number of ketones is 2. The number of aliphatic hydroxyl groups is 2. The normalized spacial score (nSPS) is 13.4. The summed E-state index contributed by atoms with van der Waals surface area (Å²) in [5, 5.41) is 18.8. The molecule has 0 heterocycles. The Hall–Kier alpha value is -0.390. The van der Waals surface area contributed by atoms with Gasteiger partial charge in [0.2, 0.25) is 0 Å². The predicted octanol–water partition coefficient (Wildman–Crippen LogP) is 1.38. The first-order chi connectivity index (χ1) is 8.35. The Bertz CT molecular complexity index is 276. The van der Waals surface area contributed by atoms with Gasteiger partial charge in [-0.15, -0.1) is 0 Å². The quantitative estimate of drug-likeness (QED) is 0.527. The summed E-state index contributed by atoms with van der Waals surface area (Å²) in [6.07, 6.45) is 1.10. The van der Waals surface area contributed by atoms with Gasteiger partial charge in [0.1, 0.15) is 11.9 Å². The van der Waals surface area contributed by atoms with Crippen LogP contribution in [-0.2, 0) is 9.59 Å². The second-order valence-corrected chi connectivity index (χ2v) is 5.68. The summed E-state index contributed by atoms with van der Waals surface area (Å²) in [5.41, 5.74) is -0.826. The first kappa shape index (κ1) is 17.6. The summed E-state index contributed by atoms with van der Waals surface area (Å²) < 4.78 is 0. The van der Waals surface area contributed by atoms with E-state index in [-0.39, 0.29) is 24.6 Å². The molecule has 18 heavy (non-hydrogen) atoms. The molecule has 2 N–H and O–H groups in total. The molecule has 0 saturated carbocycles. The standard InChI is InChI=1S/C13H24O4S/c1-13(2,9-14)12(17)11(16)7-3-5-10(15)6-4-8-18/h12,14,17-18H,3-9H2,1-2H3/t12-/m0/s1. The van der Waals surface area contributed by atoms with Gasteiger partial charge in [-0.1, -0.05) is 13.8 Å². The maximum absolute atomic E-state index is 11.7. The number of carbonyl (C=O) groups excluding carboxylic acids is 2. The molecule has 0 unspecified atom stereocenters. The molecule has 0 aromatic carbocycles. The molecule has 0 saturated heterocycles. The molecule has 0 radical (unpaired) electrons. The largest absolute Gasteiger partial charge is 0.396 e. The number of rotatable bonds is 10. The molecule has 0 fully saturated rings. The molecule has 0 bridgehead atoms. The minimum Gasteiger partial charge on any atom is -0.396 e. The molecule has 0 aliphatic rings. The fourth-order valence-electron chi connectivity index (χ4n) is 1.52. The van der Waals surface area contributed by atoms with Crippen molar-refractivity contribution >= 4 is 24.2 Å². The highest BCUT2D eigenvalue weighted by molar-refractivity contribution is 7.80. The Kier molecular flexibility index (Phi) is 8.48. The van der Waals surface area contributed by atoms with Crippen LogP contribution in [0.5, 0.6) is 0 Å². The minimum atomic E-state index is -1.17. The van der Waals surface area contributed by atoms with Crippen LogP contribution in [0.1, 0.15) is 46.0 Å². The van der Waals surface area contributed by atoms with Gasteiger partial charge in [0.25, 0.3) is 0 Å². The zero-order chi connectivity index (χ0) is 14.2. The molecular weight excluding hydrogens is 252 g/mol. The average molecular weight is 276 g/mol. The molecule has 0 rings (SSSR count). The van der Waals surface area contributed by atoms with Crippen LogP contribution in [0.3, 0.4) is 0 Å². The van der Waals surface area contributed by atoms with Crippen LogP contribution in [0.2, 0.25) is 0 Å². The maximum atomic E-state index is 11.7. The zero-order valence-corrected chi connectivity index (χ0v) is 12.1. The SMILES string of the molecule is CC(C)(CO)[C@@H](O)C(=O)CCCC(=O)CCCS. The number of thiol groups is 1. The zero-order valence-electron chi connectivity index (χ0n) is 11.2. The lowest BCUT2D eigenvalue weighted by molar-refractivity contribution is -0.135. The van der Waals surface area contributed by atoms with Crippen LogP contribution < -0.4 is 0 Å². The van der Waals surface area contributed by atoms with Crippen LogP contribution in [-0.4, -0.2) is 40.2 Å². The molecule has 0 amide bonds. The molecular formula is C13H24O4S. The Morgan fingerprint density at radius 2 is 1.72 bits per heavy atom. The van der Waals surface area contributed by atoms with Crippen molar-refractivity contribution in [2.75, 3.05) is 12.4 Å². The van der Waals surface area contributed by atoms with Gasteiger partial charge < -0.3 is 10.2 Å². The molecule has 106 valence electrons. The van der Waals surface area contributed by atoms with E-state index in [4.69, 9.17) is 5.11 Å². The second kappa shape index (κ2) is 8.67. The van der Waals surface area contributed by atoms with E-state index in [1.807, 2.05) is 0 Å². The molecule has 0 aliphatic heterocycles. The van der Waals surface area contributed by atoms with E-state index in [2.05, 4.69) is 12.6 Å². The highest BCUT2D eigenvalue weighted by Crippen LogP contribution is 2.21. The number of carbonyl (C=O) groups is 2. The van der Waals surface area contributed by atoms with E-state index < -0.39 is 11.5 Å². The van der Waals surface area contributed by atoms with E-state index in [0.717, 1.165) is 6.42 Å². The van der Waals surface area contributed by atoms with E-state index in [1.54, 1.807) is 13.8 Å². The number of hydrogen-bond acceptors (Lipinski definition) is 5. The summed E-state index contributed by atoms with van der Waals surface area (Å²) >= 11 is 4.03. The second-order valence-electron chi connectivity index (χ2n) is 5.23. The topological polar surface area (TPSA) is 74.6 Å².